The molecule has 53 heavy (non-hydrogen) atoms. The number of amides is 1. The highest BCUT2D eigenvalue weighted by molar-refractivity contribution is 6.02. The highest BCUT2D eigenvalue weighted by Crippen LogP contribution is 2.47. The van der Waals surface area contributed by atoms with Gasteiger partial charge in [-0.25, -0.2) is 4.79 Å². The van der Waals surface area contributed by atoms with Crippen LogP contribution in [0.3, 0.4) is 0 Å². The van der Waals surface area contributed by atoms with Crippen molar-refractivity contribution in [1.29, 1.82) is 0 Å². The number of pyridine rings is 1. The van der Waals surface area contributed by atoms with Crippen molar-refractivity contribution in [3.63, 3.8) is 0 Å². The monoisotopic (exact) mass is 758 g/mol. The number of carboxylic acids is 1. The molecular weight excluding hydrogens is 723 g/mol. The van der Waals surface area contributed by atoms with E-state index < -0.39 is 97.4 Å². The molecule has 0 bridgehead atoms. The lowest BCUT2D eigenvalue weighted by Gasteiger charge is -2.42. The molecule has 2 heterocycles. The van der Waals surface area contributed by atoms with Gasteiger partial charge in [-0.3, -0.25) is 14.5 Å². The molecule has 1 atom stereocenters. The van der Waals surface area contributed by atoms with Gasteiger partial charge in [0.2, 0.25) is 5.91 Å². The number of alkyl halides is 9. The van der Waals surface area contributed by atoms with Crippen LogP contribution in [0, 0.1) is 5.41 Å². The summed E-state index contributed by atoms with van der Waals surface area (Å²) in [5, 5.41) is 12.0. The first-order valence-electron chi connectivity index (χ1n) is 16.3. The first-order chi connectivity index (χ1) is 24.5. The van der Waals surface area contributed by atoms with Crippen molar-refractivity contribution in [3.8, 4) is 11.1 Å². The van der Waals surface area contributed by atoms with Crippen molar-refractivity contribution in [3.05, 3.63) is 81.6 Å². The van der Waals surface area contributed by atoms with Crippen LogP contribution in [0.1, 0.15) is 29.5 Å². The average Bonchev–Trinajstić information content (AvgIpc) is 3.04. The maximum absolute atomic E-state index is 15.0. The van der Waals surface area contributed by atoms with E-state index in [2.05, 4.69) is 0 Å². The minimum absolute atomic E-state index is 0.0391. The van der Waals surface area contributed by atoms with Gasteiger partial charge in [0.05, 0.1) is 23.2 Å². The van der Waals surface area contributed by atoms with Gasteiger partial charge in [0.1, 0.15) is 11.5 Å². The Morgan fingerprint density at radius 2 is 1.53 bits per heavy atom. The van der Waals surface area contributed by atoms with Crippen molar-refractivity contribution in [1.82, 2.24) is 19.7 Å². The number of fused-ring (bicyclic) bond motifs is 2. The van der Waals surface area contributed by atoms with Crippen LogP contribution in [0.25, 0.3) is 32.8 Å². The van der Waals surface area contributed by atoms with Gasteiger partial charge in [-0.1, -0.05) is 42.5 Å². The number of carbonyl (C=O) groups is 2. The van der Waals surface area contributed by atoms with Gasteiger partial charge in [0.25, 0.3) is 5.56 Å². The van der Waals surface area contributed by atoms with E-state index in [1.165, 1.54) is 55.6 Å². The van der Waals surface area contributed by atoms with Gasteiger partial charge in [0, 0.05) is 25.4 Å². The zero-order valence-electron chi connectivity index (χ0n) is 28.6. The van der Waals surface area contributed by atoms with E-state index in [-0.39, 0.29) is 32.8 Å². The minimum atomic E-state index is -5.23. The maximum Gasteiger partial charge on any atom is 0.417 e. The molecule has 1 aliphatic rings. The number of hydrogen-bond donors (Lipinski definition) is 2. The second-order valence-electron chi connectivity index (χ2n) is 13.6. The fourth-order valence-corrected chi connectivity index (χ4v) is 7.08. The number of likely N-dealkylation sites (tertiary alicyclic amines) is 1. The van der Waals surface area contributed by atoms with Crippen LogP contribution in [-0.2, 0) is 35.8 Å². The number of aryl methyl sites for hydroxylation is 1. The number of carboxylic acid groups (broad SMARTS) is 1. The average molecular weight is 759 g/mol. The quantitative estimate of drug-likeness (QED) is 0.184. The first kappa shape index (κ1) is 39.6. The number of piperidine rings is 1. The summed E-state index contributed by atoms with van der Waals surface area (Å²) in [6.45, 7) is -2.61. The molecule has 17 heteroatoms. The van der Waals surface area contributed by atoms with Crippen molar-refractivity contribution in [2.24, 2.45) is 12.5 Å². The van der Waals surface area contributed by atoms with E-state index in [0.717, 1.165) is 9.47 Å². The lowest BCUT2D eigenvalue weighted by atomic mass is 9.76. The standard InChI is InChI=1S/C36H35F9N4O4/c1-47(2)18-20-10-11-27-25(16-20)29(35(40,41)42)28(30(50)48(27)3)24-9-5-7-22-21(6-4-8-23(22)24)17-26(31(51)52)46-32(53)33(36(43,44)45)12-14-49(15-13-33)19-34(37,38)39/h4-11,16,26H,12-15,17-19H2,1-3H3,(H,46,53)(H,51,52)/t26-/m0/s1. The van der Waals surface area contributed by atoms with E-state index in [0.29, 0.717) is 12.1 Å². The largest absolute Gasteiger partial charge is 0.480 e. The number of halogens is 9. The molecule has 0 spiro atoms. The molecular formula is C36H35F9N4O4. The third kappa shape index (κ3) is 8.00. The number of nitrogens with one attached hydrogen (secondary N) is 1. The predicted octanol–water partition coefficient (Wildman–Crippen LogP) is 6.76. The highest BCUT2D eigenvalue weighted by Gasteiger charge is 2.61. The Morgan fingerprint density at radius 1 is 0.906 bits per heavy atom. The molecule has 5 rings (SSSR count). The molecule has 0 radical (unpaired) electrons. The van der Waals surface area contributed by atoms with Gasteiger partial charge in [0.15, 0.2) is 0 Å². The molecule has 4 aromatic rings. The smallest absolute Gasteiger partial charge is 0.417 e. The number of nitrogens with zero attached hydrogens (tertiary/aromatic N) is 3. The molecule has 1 saturated heterocycles. The molecule has 286 valence electrons. The molecule has 1 fully saturated rings. The van der Waals surface area contributed by atoms with Gasteiger partial charge in [-0.2, -0.15) is 39.5 Å². The second kappa shape index (κ2) is 14.3. The summed E-state index contributed by atoms with van der Waals surface area (Å²) in [5.74, 6) is -3.44. The fraction of sp³-hybridized carbons (Fsp3) is 0.417. The summed E-state index contributed by atoms with van der Waals surface area (Å²) >= 11 is 0. The van der Waals surface area contributed by atoms with E-state index in [4.69, 9.17) is 0 Å². The molecule has 0 unspecified atom stereocenters. The third-order valence-corrected chi connectivity index (χ3v) is 9.64. The van der Waals surface area contributed by atoms with Crippen LogP contribution >= 0.6 is 0 Å². The van der Waals surface area contributed by atoms with Crippen LogP contribution in [0.2, 0.25) is 0 Å². The van der Waals surface area contributed by atoms with Crippen molar-refractivity contribution < 1.29 is 54.2 Å². The Bertz CT molecular complexity index is 2100. The summed E-state index contributed by atoms with van der Waals surface area (Å²) in [5.41, 5.74) is -5.38. The SMILES string of the molecule is CN(C)Cc1ccc2c(c1)c(C(F)(F)F)c(-c1cccc3c(C[C@H](NC(=O)C4(C(F)(F)F)CCN(CC(F)(F)F)CC4)C(=O)O)cccc13)c(=O)n2C. The second-order valence-corrected chi connectivity index (χ2v) is 13.6. The number of aliphatic carboxylic acids is 1. The van der Waals surface area contributed by atoms with E-state index >= 15 is 0 Å². The minimum Gasteiger partial charge on any atom is -0.480 e. The summed E-state index contributed by atoms with van der Waals surface area (Å²) in [4.78, 5) is 41.9. The number of benzene rings is 3. The number of rotatable bonds is 9. The highest BCUT2D eigenvalue weighted by atomic mass is 19.4. The molecule has 8 nitrogen and oxygen atoms in total. The molecule has 0 saturated carbocycles. The summed E-state index contributed by atoms with van der Waals surface area (Å²) in [6.07, 6.45) is -17.6. The normalized spacial score (nSPS) is 16.3. The Balaban J connectivity index is 1.57. The summed E-state index contributed by atoms with van der Waals surface area (Å²) in [7, 11) is 4.83. The lowest BCUT2D eigenvalue weighted by molar-refractivity contribution is -0.236. The van der Waals surface area contributed by atoms with Crippen LogP contribution < -0.4 is 10.9 Å². The number of aromatic nitrogens is 1. The molecule has 1 amide bonds. The Hall–Kier alpha value is -4.64. The van der Waals surface area contributed by atoms with Crippen LogP contribution in [0.15, 0.2) is 59.4 Å². The lowest BCUT2D eigenvalue weighted by Crippen LogP contribution is -2.59. The van der Waals surface area contributed by atoms with Gasteiger partial charge in [-0.15, -0.1) is 0 Å². The predicted molar refractivity (Wildman–Crippen MR) is 178 cm³/mol. The van der Waals surface area contributed by atoms with E-state index in [9.17, 15) is 59.0 Å². The Morgan fingerprint density at radius 3 is 2.09 bits per heavy atom. The molecule has 2 N–H and O–H groups in total. The molecule has 1 aromatic heterocycles. The van der Waals surface area contributed by atoms with E-state index in [1.807, 2.05) is 5.32 Å². The Kier molecular flexibility index (Phi) is 10.7. The molecule has 0 aliphatic carbocycles. The fourth-order valence-electron chi connectivity index (χ4n) is 7.08. The van der Waals surface area contributed by atoms with Gasteiger partial charge >= 0.3 is 24.5 Å². The van der Waals surface area contributed by atoms with Gasteiger partial charge < -0.3 is 19.9 Å². The summed E-state index contributed by atoms with van der Waals surface area (Å²) < 4.78 is 128. The third-order valence-electron chi connectivity index (χ3n) is 9.64. The van der Waals surface area contributed by atoms with E-state index in [1.54, 1.807) is 25.1 Å². The van der Waals surface area contributed by atoms with Crippen molar-refractivity contribution in [2.75, 3.05) is 33.7 Å². The Labute approximate surface area is 296 Å². The molecule has 3 aromatic carbocycles. The topological polar surface area (TPSA) is 94.9 Å². The zero-order chi connectivity index (χ0) is 39.3. The molecule has 1 aliphatic heterocycles. The van der Waals surface area contributed by atoms with Crippen LogP contribution in [0.5, 0.6) is 0 Å². The van der Waals surface area contributed by atoms with Crippen molar-refractivity contribution >= 4 is 33.6 Å². The van der Waals surface area contributed by atoms with Crippen molar-refractivity contribution in [2.45, 2.75) is 50.4 Å². The maximum atomic E-state index is 15.0. The van der Waals surface area contributed by atoms with Gasteiger partial charge in [-0.05, 0) is 79.6 Å². The van der Waals surface area contributed by atoms with Crippen LogP contribution in [-0.4, -0.2) is 83.5 Å². The number of hydrogen-bond acceptors (Lipinski definition) is 5. The van der Waals surface area contributed by atoms with Crippen LogP contribution in [0.4, 0.5) is 39.5 Å². The zero-order valence-corrected chi connectivity index (χ0v) is 28.6. The summed E-state index contributed by atoms with van der Waals surface area (Å²) in [6, 6.07) is 10.7. The first-order valence-corrected chi connectivity index (χ1v) is 16.3. The number of carbonyl (C=O) groups excluding carboxylic acids is 1.